The van der Waals surface area contributed by atoms with Crippen molar-refractivity contribution < 1.29 is 14.0 Å². The highest BCUT2D eigenvalue weighted by molar-refractivity contribution is 5.99. The summed E-state index contributed by atoms with van der Waals surface area (Å²) in [6.07, 6.45) is 12.3. The summed E-state index contributed by atoms with van der Waals surface area (Å²) in [6.45, 7) is 2.27. The molecule has 0 radical (unpaired) electrons. The van der Waals surface area contributed by atoms with E-state index >= 15 is 0 Å². The van der Waals surface area contributed by atoms with Gasteiger partial charge in [-0.3, -0.25) is 14.6 Å². The van der Waals surface area contributed by atoms with Crippen molar-refractivity contribution in [1.82, 2.24) is 20.6 Å². The van der Waals surface area contributed by atoms with Crippen molar-refractivity contribution in [1.29, 1.82) is 0 Å². The number of furan rings is 1. The van der Waals surface area contributed by atoms with Crippen molar-refractivity contribution in [2.45, 2.75) is 56.4 Å². The Balaban J connectivity index is 1.42. The molecular formula is C29H32N4O3. The standard InChI is InChI=1S/C29H32N4O3/c1-28(33-26(34)21-12-16-36-19-21,17-22-18-31-24-10-4-3-9-23(22)24)27(35)32-20-29(13-6-2-7-14-29)25-11-5-8-15-30-25/h3-5,8-12,15-16,18-19,31H,2,6-7,13-14,17,20H2,1H3,(H,32,35)(H,33,34)/t28-/m0/s1. The zero-order valence-electron chi connectivity index (χ0n) is 20.5. The minimum absolute atomic E-state index is 0.203. The number of para-hydroxylation sites is 1. The molecule has 0 aliphatic heterocycles. The molecule has 186 valence electrons. The van der Waals surface area contributed by atoms with Crippen LogP contribution in [0.2, 0.25) is 0 Å². The molecule has 0 unspecified atom stereocenters. The number of H-pyrrole nitrogens is 1. The Morgan fingerprint density at radius 1 is 1.08 bits per heavy atom. The van der Waals surface area contributed by atoms with Gasteiger partial charge >= 0.3 is 0 Å². The van der Waals surface area contributed by atoms with Crippen LogP contribution in [0, 0.1) is 0 Å². The normalized spacial score (nSPS) is 16.8. The molecule has 4 aromatic rings. The average molecular weight is 485 g/mol. The maximum atomic E-state index is 13.9. The number of rotatable bonds is 8. The second kappa shape index (κ2) is 10.0. The third-order valence-corrected chi connectivity index (χ3v) is 7.50. The Morgan fingerprint density at radius 2 is 1.89 bits per heavy atom. The molecule has 1 aromatic carbocycles. The van der Waals surface area contributed by atoms with E-state index in [2.05, 4.69) is 26.7 Å². The Bertz CT molecular complexity index is 1320. The van der Waals surface area contributed by atoms with Crippen LogP contribution in [0.3, 0.4) is 0 Å². The van der Waals surface area contributed by atoms with E-state index in [0.29, 0.717) is 18.5 Å². The van der Waals surface area contributed by atoms with Gasteiger partial charge < -0.3 is 20.0 Å². The number of fused-ring (bicyclic) bond motifs is 1. The molecule has 1 aliphatic rings. The molecule has 3 aromatic heterocycles. The van der Waals surface area contributed by atoms with Gasteiger partial charge in [0, 0.05) is 47.4 Å². The molecule has 3 N–H and O–H groups in total. The molecule has 3 heterocycles. The van der Waals surface area contributed by atoms with Crippen LogP contribution in [0.25, 0.3) is 10.9 Å². The highest BCUT2D eigenvalue weighted by atomic mass is 16.3. The number of nitrogens with one attached hydrogen (secondary N) is 3. The topological polar surface area (TPSA) is 100 Å². The lowest BCUT2D eigenvalue weighted by Crippen LogP contribution is -2.59. The van der Waals surface area contributed by atoms with Crippen LogP contribution in [-0.2, 0) is 16.6 Å². The van der Waals surface area contributed by atoms with Gasteiger partial charge in [0.25, 0.3) is 5.91 Å². The number of hydrogen-bond acceptors (Lipinski definition) is 4. The molecule has 0 spiro atoms. The van der Waals surface area contributed by atoms with Crippen molar-refractivity contribution >= 4 is 22.7 Å². The van der Waals surface area contributed by atoms with Crippen molar-refractivity contribution in [2.75, 3.05) is 6.54 Å². The first-order chi connectivity index (χ1) is 17.5. The molecule has 1 aliphatic carbocycles. The van der Waals surface area contributed by atoms with Gasteiger partial charge in [-0.2, -0.15) is 0 Å². The largest absolute Gasteiger partial charge is 0.472 e. The number of aromatic amines is 1. The lowest BCUT2D eigenvalue weighted by atomic mass is 9.71. The Kier molecular flexibility index (Phi) is 6.63. The fraction of sp³-hybridized carbons (Fsp3) is 0.345. The van der Waals surface area contributed by atoms with Gasteiger partial charge in [0.2, 0.25) is 5.91 Å². The molecular weight excluding hydrogens is 452 g/mol. The van der Waals surface area contributed by atoms with Crippen LogP contribution in [0.15, 0.2) is 77.9 Å². The maximum absolute atomic E-state index is 13.9. The third-order valence-electron chi connectivity index (χ3n) is 7.50. The predicted octanol–water partition coefficient (Wildman–Crippen LogP) is 4.91. The zero-order chi connectivity index (χ0) is 25.0. The van der Waals surface area contributed by atoms with Crippen LogP contribution in [-0.4, -0.2) is 33.9 Å². The summed E-state index contributed by atoms with van der Waals surface area (Å²) in [7, 11) is 0. The Hall–Kier alpha value is -3.87. The van der Waals surface area contributed by atoms with E-state index in [4.69, 9.17) is 4.42 Å². The first-order valence-corrected chi connectivity index (χ1v) is 12.6. The first-order valence-electron chi connectivity index (χ1n) is 12.6. The minimum Gasteiger partial charge on any atom is -0.472 e. The Morgan fingerprint density at radius 3 is 2.64 bits per heavy atom. The van der Waals surface area contributed by atoms with Crippen LogP contribution in [0.1, 0.15) is 60.6 Å². The van der Waals surface area contributed by atoms with E-state index in [0.717, 1.165) is 47.8 Å². The second-order valence-corrected chi connectivity index (χ2v) is 10.1. The zero-order valence-corrected chi connectivity index (χ0v) is 20.5. The monoisotopic (exact) mass is 484 g/mol. The number of carbonyl (C=O) groups is 2. The molecule has 2 amide bonds. The molecule has 0 saturated heterocycles. The van der Waals surface area contributed by atoms with Gasteiger partial charge in [0.15, 0.2) is 0 Å². The van der Waals surface area contributed by atoms with E-state index < -0.39 is 5.54 Å². The van der Waals surface area contributed by atoms with Crippen molar-refractivity contribution in [3.8, 4) is 0 Å². The molecule has 1 fully saturated rings. The van der Waals surface area contributed by atoms with Gasteiger partial charge in [-0.15, -0.1) is 0 Å². The highest BCUT2D eigenvalue weighted by Gasteiger charge is 2.40. The smallest absolute Gasteiger partial charge is 0.255 e. The van der Waals surface area contributed by atoms with E-state index in [1.54, 1.807) is 13.0 Å². The summed E-state index contributed by atoms with van der Waals surface area (Å²) in [5, 5.41) is 7.25. The number of hydrogen-bond donors (Lipinski definition) is 3. The van der Waals surface area contributed by atoms with E-state index in [9.17, 15) is 9.59 Å². The second-order valence-electron chi connectivity index (χ2n) is 10.1. The molecule has 0 bridgehead atoms. The molecule has 36 heavy (non-hydrogen) atoms. The fourth-order valence-electron chi connectivity index (χ4n) is 5.43. The summed E-state index contributed by atoms with van der Waals surface area (Å²) < 4.78 is 5.09. The van der Waals surface area contributed by atoms with Gasteiger partial charge in [-0.1, -0.05) is 43.5 Å². The maximum Gasteiger partial charge on any atom is 0.255 e. The number of carbonyl (C=O) groups excluding carboxylic acids is 2. The van der Waals surface area contributed by atoms with Gasteiger partial charge in [-0.05, 0) is 49.6 Å². The first kappa shape index (κ1) is 23.9. The summed E-state index contributed by atoms with van der Waals surface area (Å²) in [5.74, 6) is -0.566. The number of pyridine rings is 1. The van der Waals surface area contributed by atoms with Crippen molar-refractivity contribution in [2.24, 2.45) is 0 Å². The summed E-state index contributed by atoms with van der Waals surface area (Å²) in [4.78, 5) is 34.8. The van der Waals surface area contributed by atoms with Crippen molar-refractivity contribution in [3.05, 3.63) is 90.3 Å². The third kappa shape index (κ3) is 4.78. The molecule has 5 rings (SSSR count). The van der Waals surface area contributed by atoms with Crippen LogP contribution >= 0.6 is 0 Å². The number of benzene rings is 1. The summed E-state index contributed by atoms with van der Waals surface area (Å²) in [6, 6.07) is 15.5. The van der Waals surface area contributed by atoms with Gasteiger partial charge in [0.05, 0.1) is 11.8 Å². The lowest BCUT2D eigenvalue weighted by Gasteiger charge is -2.38. The van der Waals surface area contributed by atoms with E-state index in [-0.39, 0.29) is 17.2 Å². The van der Waals surface area contributed by atoms with E-state index in [1.807, 2.05) is 48.8 Å². The molecule has 1 saturated carbocycles. The number of nitrogens with zero attached hydrogens (tertiary/aromatic N) is 1. The average Bonchev–Trinajstić information content (AvgIpc) is 3.59. The minimum atomic E-state index is -1.18. The Labute approximate surface area is 210 Å². The quantitative estimate of drug-likeness (QED) is 0.331. The van der Waals surface area contributed by atoms with Crippen LogP contribution in [0.5, 0.6) is 0 Å². The fourth-order valence-corrected chi connectivity index (χ4v) is 5.43. The predicted molar refractivity (Wildman–Crippen MR) is 139 cm³/mol. The highest BCUT2D eigenvalue weighted by Crippen LogP contribution is 2.38. The summed E-state index contributed by atoms with van der Waals surface area (Å²) in [5.41, 5.74) is 1.97. The van der Waals surface area contributed by atoms with Crippen molar-refractivity contribution in [3.63, 3.8) is 0 Å². The van der Waals surface area contributed by atoms with Gasteiger partial charge in [-0.25, -0.2) is 0 Å². The van der Waals surface area contributed by atoms with Gasteiger partial charge in [0.1, 0.15) is 11.8 Å². The van der Waals surface area contributed by atoms with Crippen LogP contribution in [0.4, 0.5) is 0 Å². The lowest BCUT2D eigenvalue weighted by molar-refractivity contribution is -0.127. The number of amides is 2. The SMILES string of the molecule is C[C@@](Cc1c[nH]c2ccccc12)(NC(=O)c1ccoc1)C(=O)NCC1(c2ccccn2)CCCCC1. The molecule has 7 heteroatoms. The van der Waals surface area contributed by atoms with Crippen LogP contribution < -0.4 is 10.6 Å². The summed E-state index contributed by atoms with van der Waals surface area (Å²) >= 11 is 0. The number of aromatic nitrogens is 2. The van der Waals surface area contributed by atoms with E-state index in [1.165, 1.54) is 18.9 Å². The molecule has 1 atom stereocenters. The molecule has 7 nitrogen and oxygen atoms in total.